The maximum atomic E-state index is 12.7. The Morgan fingerprint density at radius 1 is 0.906 bits per heavy atom. The molecule has 0 radical (unpaired) electrons. The number of phenols is 1. The predicted molar refractivity (Wildman–Crippen MR) is 117 cm³/mol. The first-order chi connectivity index (χ1) is 15.4. The molecule has 3 aromatic rings. The number of hydrazone groups is 1. The van der Waals surface area contributed by atoms with E-state index in [4.69, 9.17) is 9.47 Å². The molecule has 0 aromatic heterocycles. The van der Waals surface area contributed by atoms with Crippen molar-refractivity contribution in [1.29, 1.82) is 0 Å². The third-order valence-corrected chi connectivity index (χ3v) is 4.45. The lowest BCUT2D eigenvalue weighted by molar-refractivity contribution is -0.803. The molecule has 9 nitrogen and oxygen atoms in total. The van der Waals surface area contributed by atoms with Gasteiger partial charge in [-0.2, -0.15) is 0 Å². The van der Waals surface area contributed by atoms with Gasteiger partial charge in [0.15, 0.2) is 11.5 Å². The lowest BCUT2D eigenvalue weighted by Crippen LogP contribution is -2.34. The van der Waals surface area contributed by atoms with Crippen LogP contribution < -0.4 is 20.2 Å². The van der Waals surface area contributed by atoms with Crippen LogP contribution in [0, 0.1) is 0 Å². The van der Waals surface area contributed by atoms with Crippen LogP contribution >= 0.6 is 0 Å². The monoisotopic (exact) mass is 436 g/mol. The minimum absolute atomic E-state index is 0.0785. The number of nitrogens with one attached hydrogen (secondary N) is 2. The van der Waals surface area contributed by atoms with Crippen LogP contribution in [0.4, 0.5) is 5.69 Å². The maximum Gasteiger partial charge on any atom is 0.311 e. The van der Waals surface area contributed by atoms with Gasteiger partial charge in [-0.05, 0) is 54.6 Å². The number of carbonyl (C=O) groups is 2. The Labute approximate surface area is 184 Å². The van der Waals surface area contributed by atoms with E-state index in [0.717, 1.165) is 0 Å². The molecule has 0 saturated carbocycles. The van der Waals surface area contributed by atoms with Gasteiger partial charge < -0.3 is 19.9 Å². The Morgan fingerprint density at radius 2 is 1.59 bits per heavy atom. The van der Waals surface area contributed by atoms with Crippen LogP contribution in [0.15, 0.2) is 66.7 Å². The molecule has 0 heterocycles. The number of carbonyl (C=O) groups excluding carboxylic acids is 2. The number of rotatable bonds is 7. The van der Waals surface area contributed by atoms with Crippen molar-refractivity contribution in [2.75, 3.05) is 19.5 Å². The van der Waals surface area contributed by atoms with E-state index in [1.165, 1.54) is 44.7 Å². The van der Waals surface area contributed by atoms with E-state index in [1.54, 1.807) is 42.5 Å². The Hall–Kier alpha value is -4.53. The van der Waals surface area contributed by atoms with E-state index in [9.17, 15) is 19.9 Å². The summed E-state index contributed by atoms with van der Waals surface area (Å²) in [5, 5.41) is 22.0. The zero-order chi connectivity index (χ0) is 23.1. The molecular formula is C23H22N3O6+. The molecule has 0 spiro atoms. The van der Waals surface area contributed by atoms with Gasteiger partial charge in [0.25, 0.3) is 12.1 Å². The van der Waals surface area contributed by atoms with Crippen LogP contribution in [0.2, 0.25) is 0 Å². The first-order valence-corrected chi connectivity index (χ1v) is 9.46. The highest BCUT2D eigenvalue weighted by molar-refractivity contribution is 6.09. The van der Waals surface area contributed by atoms with Crippen molar-refractivity contribution in [3.05, 3.63) is 83.4 Å². The molecule has 9 heteroatoms. The third-order valence-electron chi connectivity index (χ3n) is 4.45. The van der Waals surface area contributed by atoms with Gasteiger partial charge in [-0.3, -0.25) is 14.8 Å². The van der Waals surface area contributed by atoms with Crippen molar-refractivity contribution in [2.45, 2.75) is 0 Å². The summed E-state index contributed by atoms with van der Waals surface area (Å²) in [6, 6.07) is 17.1. The number of phenolic OH excluding ortho intramolecular Hbond substituents is 1. The number of amides is 2. The van der Waals surface area contributed by atoms with Crippen molar-refractivity contribution in [1.82, 2.24) is 5.43 Å². The number of hydrazine groups is 1. The molecule has 0 saturated heterocycles. The highest BCUT2D eigenvalue weighted by Crippen LogP contribution is 2.28. The zero-order valence-corrected chi connectivity index (χ0v) is 17.4. The number of aromatic hydroxyl groups is 1. The summed E-state index contributed by atoms with van der Waals surface area (Å²) < 4.78 is 10.4. The van der Waals surface area contributed by atoms with Crippen LogP contribution in [0.5, 0.6) is 17.2 Å². The Balaban J connectivity index is 1.77. The van der Waals surface area contributed by atoms with Crippen molar-refractivity contribution >= 4 is 23.7 Å². The normalized spacial score (nSPS) is 10.9. The number of hydrogen-bond donors (Lipinski definition) is 4. The fourth-order valence-corrected chi connectivity index (χ4v) is 2.86. The largest absolute Gasteiger partial charge is 0.508 e. The minimum Gasteiger partial charge on any atom is -0.508 e. The highest BCUT2D eigenvalue weighted by Gasteiger charge is 2.18. The van der Waals surface area contributed by atoms with E-state index in [2.05, 4.69) is 10.7 Å². The van der Waals surface area contributed by atoms with Crippen LogP contribution in [-0.4, -0.2) is 47.4 Å². The van der Waals surface area contributed by atoms with Crippen molar-refractivity contribution in [3.63, 3.8) is 0 Å². The second-order valence-electron chi connectivity index (χ2n) is 6.58. The number of para-hydroxylation sites is 1. The lowest BCUT2D eigenvalue weighted by Gasteiger charge is -2.11. The van der Waals surface area contributed by atoms with Crippen LogP contribution in [0.25, 0.3) is 0 Å². The molecule has 0 bridgehead atoms. The Morgan fingerprint density at radius 3 is 2.28 bits per heavy atom. The molecule has 3 rings (SSSR count). The van der Waals surface area contributed by atoms with E-state index in [1.807, 2.05) is 0 Å². The van der Waals surface area contributed by atoms with Crippen LogP contribution in [0.3, 0.4) is 0 Å². The first kappa shape index (κ1) is 22.2. The molecule has 0 aliphatic rings. The minimum atomic E-state index is -0.647. The number of methoxy groups -OCH3 is 2. The summed E-state index contributed by atoms with van der Waals surface area (Å²) in [5.41, 5.74) is 3.53. The average Bonchev–Trinajstić information content (AvgIpc) is 2.80. The molecule has 0 unspecified atom stereocenters. The molecule has 0 fully saturated rings. The number of ether oxygens (including phenoxy) is 2. The fraction of sp³-hybridized carbons (Fsp3) is 0.0870. The molecule has 0 atom stereocenters. The van der Waals surface area contributed by atoms with E-state index in [-0.39, 0.29) is 17.0 Å². The Kier molecular flexibility index (Phi) is 6.92. The summed E-state index contributed by atoms with van der Waals surface area (Å²) in [7, 11) is 2.96. The van der Waals surface area contributed by atoms with E-state index < -0.39 is 11.8 Å². The highest BCUT2D eigenvalue weighted by atomic mass is 16.5. The first-order valence-electron chi connectivity index (χ1n) is 9.46. The van der Waals surface area contributed by atoms with Crippen molar-refractivity contribution < 1.29 is 34.2 Å². The summed E-state index contributed by atoms with van der Waals surface area (Å²) in [4.78, 5) is 25.9. The van der Waals surface area contributed by atoms with Gasteiger partial charge in [-0.15, -0.1) is 0 Å². The quantitative estimate of drug-likeness (QED) is 0.196. The van der Waals surface area contributed by atoms with Gasteiger partial charge >= 0.3 is 5.91 Å². The molecule has 2 amide bonds. The predicted octanol–water partition coefficient (Wildman–Crippen LogP) is 2.83. The molecule has 3 aromatic carbocycles. The lowest BCUT2D eigenvalue weighted by atomic mass is 10.1. The standard InChI is InChI=1S/C23H21N3O6/c1-31-20-12-9-16(13-21(20)32-2)22(28)24-19-6-4-3-5-18(19)23(29)25-26(30)14-15-7-10-17(27)11-8-15/h3-14,30H,1-2H3,(H2,24,25,28,29)/p+1. The van der Waals surface area contributed by atoms with Gasteiger partial charge in [0.1, 0.15) is 5.75 Å². The average molecular weight is 436 g/mol. The summed E-state index contributed by atoms with van der Waals surface area (Å²) in [6.07, 6.45) is 1.25. The summed E-state index contributed by atoms with van der Waals surface area (Å²) >= 11 is 0. The molecule has 164 valence electrons. The number of benzene rings is 3. The van der Waals surface area contributed by atoms with E-state index >= 15 is 0 Å². The molecule has 4 N–H and O–H groups in total. The third kappa shape index (κ3) is 5.33. The van der Waals surface area contributed by atoms with Crippen molar-refractivity contribution in [2.24, 2.45) is 0 Å². The molecule has 0 aliphatic carbocycles. The second kappa shape index (κ2) is 9.98. The summed E-state index contributed by atoms with van der Waals surface area (Å²) in [6.45, 7) is 0. The van der Waals surface area contributed by atoms with Gasteiger partial charge in [0.2, 0.25) is 0 Å². The topological polar surface area (TPSA) is 120 Å². The second-order valence-corrected chi connectivity index (χ2v) is 6.58. The number of nitrogens with zero attached hydrogens (tertiary/aromatic N) is 1. The van der Waals surface area contributed by atoms with Crippen LogP contribution in [-0.2, 0) is 0 Å². The van der Waals surface area contributed by atoms with E-state index in [0.29, 0.717) is 27.5 Å². The van der Waals surface area contributed by atoms with Crippen molar-refractivity contribution in [3.8, 4) is 17.2 Å². The van der Waals surface area contributed by atoms with Crippen LogP contribution in [0.1, 0.15) is 26.3 Å². The van der Waals surface area contributed by atoms with Gasteiger partial charge in [0, 0.05) is 11.1 Å². The SMILES string of the molecule is COc1ccc(C(=O)Nc2ccccc2C(=O)N[N+](O)=Cc2ccc(O)cc2)cc1OC. The fourth-order valence-electron chi connectivity index (χ4n) is 2.86. The maximum absolute atomic E-state index is 12.7. The smallest absolute Gasteiger partial charge is 0.311 e. The summed E-state index contributed by atoms with van der Waals surface area (Å²) in [5.74, 6) is -0.146. The molecule has 0 aliphatic heterocycles. The Bertz CT molecular complexity index is 1160. The van der Waals surface area contributed by atoms with Gasteiger partial charge in [0.05, 0.1) is 30.3 Å². The van der Waals surface area contributed by atoms with Gasteiger partial charge in [-0.1, -0.05) is 17.6 Å². The number of hydrogen-bond acceptors (Lipinski definition) is 6. The zero-order valence-electron chi connectivity index (χ0n) is 17.4. The van der Waals surface area contributed by atoms with Gasteiger partial charge in [-0.25, -0.2) is 0 Å². The molecule has 32 heavy (non-hydrogen) atoms. The number of anilines is 1. The molecular weight excluding hydrogens is 414 g/mol.